The van der Waals surface area contributed by atoms with E-state index in [9.17, 15) is 9.59 Å². The summed E-state index contributed by atoms with van der Waals surface area (Å²) >= 11 is 0. The highest BCUT2D eigenvalue weighted by atomic mass is 16.4. The molecule has 0 unspecified atom stereocenters. The lowest BCUT2D eigenvalue weighted by molar-refractivity contribution is 0.0690. The molecule has 0 aliphatic heterocycles. The van der Waals surface area contributed by atoms with Crippen LogP contribution in [0.25, 0.3) is 0 Å². The zero-order valence-electron chi connectivity index (χ0n) is 10.7. The van der Waals surface area contributed by atoms with Gasteiger partial charge in [0.05, 0.1) is 12.7 Å². The number of aromatic nitrogens is 3. The van der Waals surface area contributed by atoms with Gasteiger partial charge in [-0.05, 0) is 6.42 Å². The molecule has 0 aliphatic carbocycles. The van der Waals surface area contributed by atoms with Crippen molar-refractivity contribution in [3.63, 3.8) is 0 Å². The van der Waals surface area contributed by atoms with Crippen molar-refractivity contribution in [3.05, 3.63) is 24.5 Å². The molecule has 0 saturated heterocycles. The summed E-state index contributed by atoms with van der Waals surface area (Å²) in [5.74, 6) is -1.13. The minimum Gasteiger partial charge on any atom is -0.476 e. The number of rotatable bonds is 7. The van der Waals surface area contributed by atoms with Crippen LogP contribution >= 0.6 is 0 Å². The summed E-state index contributed by atoms with van der Waals surface area (Å²) in [6, 6.07) is -0.194. The number of aromatic carboxylic acids is 1. The summed E-state index contributed by atoms with van der Waals surface area (Å²) in [7, 11) is 1.69. The molecule has 8 nitrogen and oxygen atoms in total. The fraction of sp³-hybridized carbons (Fsp3) is 0.455. The molecule has 1 heterocycles. The summed E-state index contributed by atoms with van der Waals surface area (Å²) in [4.78, 5) is 23.7. The van der Waals surface area contributed by atoms with Crippen LogP contribution in [0.4, 0.5) is 4.79 Å². The van der Waals surface area contributed by atoms with Gasteiger partial charge < -0.3 is 15.3 Å². The first-order chi connectivity index (χ1) is 9.04. The quantitative estimate of drug-likeness (QED) is 0.687. The summed E-state index contributed by atoms with van der Waals surface area (Å²) in [5.41, 5.74) is -0.116. The third kappa shape index (κ3) is 4.78. The highest BCUT2D eigenvalue weighted by molar-refractivity contribution is 5.84. The Hall–Kier alpha value is -2.38. The van der Waals surface area contributed by atoms with Gasteiger partial charge in [0.1, 0.15) is 0 Å². The molecule has 1 rings (SSSR count). The third-order valence-corrected chi connectivity index (χ3v) is 2.39. The molecular formula is C11H17N5O3. The maximum absolute atomic E-state index is 11.6. The summed E-state index contributed by atoms with van der Waals surface area (Å²) in [6.07, 6.45) is 3.79. The predicted molar refractivity (Wildman–Crippen MR) is 67.8 cm³/mol. The second-order valence-corrected chi connectivity index (χ2v) is 3.90. The molecule has 0 spiro atoms. The van der Waals surface area contributed by atoms with E-state index in [0.717, 1.165) is 6.42 Å². The Morgan fingerprint density at radius 3 is 2.95 bits per heavy atom. The highest BCUT2D eigenvalue weighted by Crippen LogP contribution is 1.93. The van der Waals surface area contributed by atoms with Gasteiger partial charge in [0.2, 0.25) is 0 Å². The van der Waals surface area contributed by atoms with Crippen LogP contribution in [-0.4, -0.2) is 57.1 Å². The van der Waals surface area contributed by atoms with E-state index < -0.39 is 5.97 Å². The molecule has 0 bridgehead atoms. The largest absolute Gasteiger partial charge is 0.476 e. The van der Waals surface area contributed by atoms with Gasteiger partial charge in [0.25, 0.3) is 0 Å². The molecule has 1 aromatic rings. The Balaban J connectivity index is 2.31. The maximum Gasteiger partial charge on any atom is 0.358 e. The van der Waals surface area contributed by atoms with Gasteiger partial charge in [0.15, 0.2) is 5.69 Å². The Morgan fingerprint density at radius 1 is 1.63 bits per heavy atom. The summed E-state index contributed by atoms with van der Waals surface area (Å²) in [5, 5.41) is 18.5. The van der Waals surface area contributed by atoms with Crippen molar-refractivity contribution < 1.29 is 14.7 Å². The van der Waals surface area contributed by atoms with Gasteiger partial charge in [-0.1, -0.05) is 11.3 Å². The molecule has 0 aliphatic rings. The molecular weight excluding hydrogens is 250 g/mol. The van der Waals surface area contributed by atoms with E-state index in [1.807, 2.05) is 0 Å². The predicted octanol–water partition coefficient (Wildman–Crippen LogP) is 0.194. The molecule has 104 valence electrons. The number of nitrogens with one attached hydrogen (secondary N) is 1. The molecule has 1 aromatic heterocycles. The van der Waals surface area contributed by atoms with Crippen molar-refractivity contribution in [1.29, 1.82) is 0 Å². The van der Waals surface area contributed by atoms with Gasteiger partial charge >= 0.3 is 12.0 Å². The Kier molecular flexibility index (Phi) is 5.52. The number of carbonyl (C=O) groups is 2. The lowest BCUT2D eigenvalue weighted by Crippen LogP contribution is -2.39. The third-order valence-electron chi connectivity index (χ3n) is 2.39. The van der Waals surface area contributed by atoms with Crippen LogP contribution in [0.1, 0.15) is 16.9 Å². The first-order valence-corrected chi connectivity index (χ1v) is 5.78. The lowest BCUT2D eigenvalue weighted by atomic mass is 10.4. The van der Waals surface area contributed by atoms with Crippen LogP contribution in [0, 0.1) is 0 Å². The molecule has 0 fully saturated rings. The topological polar surface area (TPSA) is 100 Å². The van der Waals surface area contributed by atoms with Gasteiger partial charge in [-0.2, -0.15) is 0 Å². The molecule has 8 heteroatoms. The number of hydrogen-bond acceptors (Lipinski definition) is 4. The number of carboxylic acids is 1. The number of carboxylic acid groups (broad SMARTS) is 1. The van der Waals surface area contributed by atoms with E-state index in [1.54, 1.807) is 18.0 Å². The normalized spacial score (nSPS) is 9.95. The van der Waals surface area contributed by atoms with Crippen molar-refractivity contribution >= 4 is 12.0 Å². The average molecular weight is 267 g/mol. The lowest BCUT2D eigenvalue weighted by Gasteiger charge is -2.16. The molecule has 2 N–H and O–H groups in total. The molecule has 0 aromatic carbocycles. The minimum atomic E-state index is -1.13. The Morgan fingerprint density at radius 2 is 2.37 bits per heavy atom. The van der Waals surface area contributed by atoms with Crippen molar-refractivity contribution in [2.24, 2.45) is 0 Å². The highest BCUT2D eigenvalue weighted by Gasteiger charge is 2.09. The van der Waals surface area contributed by atoms with Crippen LogP contribution in [0.3, 0.4) is 0 Å². The number of urea groups is 1. The molecule has 0 radical (unpaired) electrons. The number of nitrogens with zero attached hydrogens (tertiary/aromatic N) is 4. The first kappa shape index (κ1) is 14.7. The van der Waals surface area contributed by atoms with Crippen LogP contribution < -0.4 is 5.32 Å². The van der Waals surface area contributed by atoms with Crippen molar-refractivity contribution in [2.75, 3.05) is 20.1 Å². The average Bonchev–Trinajstić information content (AvgIpc) is 2.84. The van der Waals surface area contributed by atoms with E-state index in [-0.39, 0.29) is 11.7 Å². The van der Waals surface area contributed by atoms with E-state index in [0.29, 0.717) is 19.6 Å². The number of carbonyl (C=O) groups excluding carboxylic acids is 1. The van der Waals surface area contributed by atoms with Crippen molar-refractivity contribution in [1.82, 2.24) is 25.2 Å². The van der Waals surface area contributed by atoms with Crippen LogP contribution in [0.5, 0.6) is 0 Å². The monoisotopic (exact) mass is 267 g/mol. The standard InChI is InChI=1S/C11H17N5O3/c1-3-4-6-15(2)11(19)12-5-7-16-8-9(10(17)18)13-14-16/h3,8H,1,4-7H2,2H3,(H,12,19)(H,17,18). The van der Waals surface area contributed by atoms with Crippen molar-refractivity contribution in [3.8, 4) is 0 Å². The molecule has 0 saturated carbocycles. The zero-order chi connectivity index (χ0) is 14.3. The zero-order valence-corrected chi connectivity index (χ0v) is 10.7. The van der Waals surface area contributed by atoms with Crippen LogP contribution in [0.2, 0.25) is 0 Å². The van der Waals surface area contributed by atoms with Gasteiger partial charge in [-0.3, -0.25) is 0 Å². The van der Waals surface area contributed by atoms with E-state index in [4.69, 9.17) is 5.11 Å². The molecule has 2 amide bonds. The summed E-state index contributed by atoms with van der Waals surface area (Å²) in [6.45, 7) is 4.89. The fourth-order valence-electron chi connectivity index (χ4n) is 1.30. The first-order valence-electron chi connectivity index (χ1n) is 5.78. The Labute approximate surface area is 110 Å². The van der Waals surface area contributed by atoms with Gasteiger partial charge in [-0.25, -0.2) is 14.3 Å². The van der Waals surface area contributed by atoms with Gasteiger partial charge in [0, 0.05) is 20.1 Å². The van der Waals surface area contributed by atoms with E-state index in [2.05, 4.69) is 22.2 Å². The van der Waals surface area contributed by atoms with Gasteiger partial charge in [-0.15, -0.1) is 11.7 Å². The molecule has 19 heavy (non-hydrogen) atoms. The number of amides is 2. The smallest absolute Gasteiger partial charge is 0.358 e. The maximum atomic E-state index is 11.6. The SMILES string of the molecule is C=CCCN(C)C(=O)NCCn1cc(C(=O)O)nn1. The number of hydrogen-bond donors (Lipinski definition) is 2. The minimum absolute atomic E-state index is 0.116. The molecule has 0 atom stereocenters. The fourth-order valence-corrected chi connectivity index (χ4v) is 1.30. The van der Waals surface area contributed by atoms with E-state index >= 15 is 0 Å². The second kappa shape index (κ2) is 7.14. The van der Waals surface area contributed by atoms with E-state index in [1.165, 1.54) is 10.9 Å². The van der Waals surface area contributed by atoms with Crippen molar-refractivity contribution in [2.45, 2.75) is 13.0 Å². The Bertz CT molecular complexity index is 457. The second-order valence-electron chi connectivity index (χ2n) is 3.90. The summed E-state index contributed by atoms with van der Waals surface area (Å²) < 4.78 is 1.37. The van der Waals surface area contributed by atoms with Crippen LogP contribution in [0.15, 0.2) is 18.9 Å². The van der Waals surface area contributed by atoms with Crippen LogP contribution in [-0.2, 0) is 6.54 Å².